The zero-order chi connectivity index (χ0) is 21.8. The van der Waals surface area contributed by atoms with Crippen LogP contribution in [-0.4, -0.2) is 77.3 Å². The van der Waals surface area contributed by atoms with Crippen molar-refractivity contribution in [2.45, 2.75) is 103 Å². The second-order valence-corrected chi connectivity index (χ2v) is 12.4. The normalized spacial score (nSPS) is 37.5. The maximum atomic E-state index is 12.8. The first-order valence-electron chi connectivity index (χ1n) is 10.3. The lowest BCUT2D eigenvalue weighted by Gasteiger charge is -2.33. The van der Waals surface area contributed by atoms with Crippen molar-refractivity contribution in [3.05, 3.63) is 0 Å². The molecule has 2 N–H and O–H groups in total. The molecule has 0 radical (unpaired) electrons. The molecule has 2 fully saturated rings. The minimum absolute atomic E-state index is 0.0441. The van der Waals surface area contributed by atoms with Gasteiger partial charge in [-0.25, -0.2) is 4.57 Å². The van der Waals surface area contributed by atoms with Gasteiger partial charge in [0.15, 0.2) is 0 Å². The van der Waals surface area contributed by atoms with E-state index in [1.165, 1.54) is 0 Å². The van der Waals surface area contributed by atoms with Crippen LogP contribution < -0.4 is 0 Å². The molecule has 29 heavy (non-hydrogen) atoms. The van der Waals surface area contributed by atoms with E-state index in [-0.39, 0.29) is 55.6 Å². The van der Waals surface area contributed by atoms with Gasteiger partial charge in [-0.2, -0.15) is 0 Å². The van der Waals surface area contributed by atoms with E-state index in [0.29, 0.717) is 6.42 Å². The largest absolute Gasteiger partial charge is 0.393 e. The van der Waals surface area contributed by atoms with E-state index in [1.54, 1.807) is 0 Å². The highest BCUT2D eigenvalue weighted by molar-refractivity contribution is 8.54. The molecular weight excluding hydrogens is 419 g/mol. The van der Waals surface area contributed by atoms with Gasteiger partial charge in [0, 0.05) is 18.6 Å². The van der Waals surface area contributed by atoms with Crippen LogP contribution >= 0.6 is 18.2 Å². The van der Waals surface area contributed by atoms with Crippen LogP contribution in [0.3, 0.4) is 0 Å². The maximum absolute atomic E-state index is 12.8. The standard InChI is InChI=1S/C19H37O8PS/c1-12(2)23-11-19(10-20)18(8-15(6)26-19)27-28(21,22)29-9-17-16(24-13(3)4)7-14(5)25-17/h12-18,20H,7-11H2,1-6H3,(H,21,22)/t14-,15-,16+,17+,18+,19+/m0/s1. The zero-order valence-electron chi connectivity index (χ0n) is 18.3. The molecule has 0 bridgehead atoms. The van der Waals surface area contributed by atoms with Gasteiger partial charge in [0.05, 0.1) is 49.8 Å². The molecule has 1 unspecified atom stereocenters. The summed E-state index contributed by atoms with van der Waals surface area (Å²) in [6.45, 7) is 7.23. The van der Waals surface area contributed by atoms with Crippen molar-refractivity contribution < 1.29 is 38.0 Å². The van der Waals surface area contributed by atoms with Crippen LogP contribution in [0.4, 0.5) is 0 Å². The fourth-order valence-corrected chi connectivity index (χ4v) is 6.51. The highest BCUT2D eigenvalue weighted by atomic mass is 32.7. The molecule has 2 aliphatic heterocycles. The lowest BCUT2D eigenvalue weighted by molar-refractivity contribution is -0.148. The van der Waals surface area contributed by atoms with E-state index in [0.717, 1.165) is 17.8 Å². The smallest absolute Gasteiger partial charge is 0.387 e. The zero-order valence-corrected chi connectivity index (χ0v) is 20.0. The van der Waals surface area contributed by atoms with Crippen molar-refractivity contribution in [1.82, 2.24) is 0 Å². The summed E-state index contributed by atoms with van der Waals surface area (Å²) in [6, 6.07) is 0. The van der Waals surface area contributed by atoms with Gasteiger partial charge in [0.25, 0.3) is 0 Å². The van der Waals surface area contributed by atoms with E-state index < -0.39 is 18.5 Å². The molecule has 2 aliphatic rings. The summed E-state index contributed by atoms with van der Waals surface area (Å²) in [7, 11) is 0. The lowest BCUT2D eigenvalue weighted by Crippen LogP contribution is -2.48. The van der Waals surface area contributed by atoms with Crippen LogP contribution in [0, 0.1) is 0 Å². The molecule has 0 saturated carbocycles. The molecule has 0 amide bonds. The van der Waals surface area contributed by atoms with Gasteiger partial charge in [0.2, 0.25) is 0 Å². The molecule has 0 aromatic heterocycles. The van der Waals surface area contributed by atoms with Crippen molar-refractivity contribution in [2.24, 2.45) is 0 Å². The first-order valence-corrected chi connectivity index (χ1v) is 13.5. The Bertz CT molecular complexity index is 562. The first kappa shape index (κ1) is 25.6. The Labute approximate surface area is 178 Å². The highest BCUT2D eigenvalue weighted by Crippen LogP contribution is 2.59. The summed E-state index contributed by atoms with van der Waals surface area (Å²) in [5.74, 6) is 0.285. The number of ether oxygens (including phenoxy) is 4. The third kappa shape index (κ3) is 7.44. The summed E-state index contributed by atoms with van der Waals surface area (Å²) in [5.41, 5.74) is -1.15. The molecule has 0 aromatic carbocycles. The van der Waals surface area contributed by atoms with Gasteiger partial charge < -0.3 is 28.9 Å². The average molecular weight is 457 g/mol. The van der Waals surface area contributed by atoms with Gasteiger partial charge in [-0.3, -0.25) is 4.52 Å². The molecule has 172 valence electrons. The molecule has 0 aliphatic carbocycles. The second kappa shape index (κ2) is 10.7. The molecular formula is C19H37O8PS. The van der Waals surface area contributed by atoms with Gasteiger partial charge in [0.1, 0.15) is 11.7 Å². The monoisotopic (exact) mass is 456 g/mol. The van der Waals surface area contributed by atoms with E-state index >= 15 is 0 Å². The van der Waals surface area contributed by atoms with E-state index in [2.05, 4.69) is 0 Å². The van der Waals surface area contributed by atoms with Crippen molar-refractivity contribution in [3.63, 3.8) is 0 Å². The average Bonchev–Trinajstić information content (AvgIpc) is 3.09. The third-order valence-corrected chi connectivity index (χ3v) is 8.00. The summed E-state index contributed by atoms with van der Waals surface area (Å²) in [5, 5.41) is 9.97. The number of aliphatic hydroxyl groups excluding tert-OH is 1. The molecule has 8 nitrogen and oxygen atoms in total. The summed E-state index contributed by atoms with van der Waals surface area (Å²) >= 11 is 0.838. The van der Waals surface area contributed by atoms with Crippen molar-refractivity contribution in [3.8, 4) is 0 Å². The van der Waals surface area contributed by atoms with Crippen LogP contribution in [-0.2, 0) is 28.0 Å². The Balaban J connectivity index is 1.98. The van der Waals surface area contributed by atoms with E-state index in [1.807, 2.05) is 41.5 Å². The van der Waals surface area contributed by atoms with Crippen molar-refractivity contribution >= 4 is 18.2 Å². The molecule has 10 heteroatoms. The SMILES string of the molecule is CC(C)OC[C@@]1(CO)O[C@@H](C)C[C@H]1OP(=O)(O)SC[C@H]1O[C@@H](C)C[C@H]1OC(C)C. The fraction of sp³-hybridized carbons (Fsp3) is 1.00. The summed E-state index contributed by atoms with van der Waals surface area (Å²) < 4.78 is 41.7. The van der Waals surface area contributed by atoms with Crippen LogP contribution in [0.5, 0.6) is 0 Å². The Kier molecular flexibility index (Phi) is 9.47. The Hall–Kier alpha value is 0.300. The maximum Gasteiger partial charge on any atom is 0.387 e. The minimum atomic E-state index is -4.01. The van der Waals surface area contributed by atoms with E-state index in [4.69, 9.17) is 23.5 Å². The highest BCUT2D eigenvalue weighted by Gasteiger charge is 2.51. The van der Waals surface area contributed by atoms with Gasteiger partial charge in [-0.1, -0.05) is 0 Å². The van der Waals surface area contributed by atoms with Crippen LogP contribution in [0.2, 0.25) is 0 Å². The van der Waals surface area contributed by atoms with Crippen molar-refractivity contribution in [2.75, 3.05) is 19.0 Å². The van der Waals surface area contributed by atoms with Gasteiger partial charge in [-0.15, -0.1) is 0 Å². The summed E-state index contributed by atoms with van der Waals surface area (Å²) in [6.07, 6.45) is -0.128. The Morgan fingerprint density at radius 3 is 2.45 bits per heavy atom. The minimum Gasteiger partial charge on any atom is -0.393 e. The fourth-order valence-electron chi connectivity index (χ4n) is 3.72. The Morgan fingerprint density at radius 1 is 1.17 bits per heavy atom. The van der Waals surface area contributed by atoms with Gasteiger partial charge >= 0.3 is 6.80 Å². The lowest BCUT2D eigenvalue weighted by atomic mass is 9.98. The molecule has 2 heterocycles. The van der Waals surface area contributed by atoms with Crippen LogP contribution in [0.1, 0.15) is 54.4 Å². The predicted molar refractivity (Wildman–Crippen MR) is 112 cm³/mol. The van der Waals surface area contributed by atoms with Gasteiger partial charge in [-0.05, 0) is 52.9 Å². The molecule has 2 rings (SSSR count). The van der Waals surface area contributed by atoms with E-state index in [9.17, 15) is 14.6 Å². The van der Waals surface area contributed by atoms with Crippen molar-refractivity contribution in [1.29, 1.82) is 0 Å². The number of hydrogen-bond donors (Lipinski definition) is 2. The van der Waals surface area contributed by atoms with Crippen LogP contribution in [0.25, 0.3) is 0 Å². The molecule has 2 saturated heterocycles. The number of hydrogen-bond acceptors (Lipinski definition) is 8. The molecule has 0 aromatic rings. The van der Waals surface area contributed by atoms with Crippen LogP contribution in [0.15, 0.2) is 0 Å². The first-order chi connectivity index (χ1) is 13.5. The number of aliphatic hydroxyl groups is 1. The molecule has 7 atom stereocenters. The predicted octanol–water partition coefficient (Wildman–Crippen LogP) is 3.14. The topological polar surface area (TPSA) is 104 Å². The molecule has 0 spiro atoms. The second-order valence-electron chi connectivity index (χ2n) is 8.55. The Morgan fingerprint density at radius 2 is 1.86 bits per heavy atom. The number of rotatable bonds is 11. The quantitative estimate of drug-likeness (QED) is 0.454. The third-order valence-electron chi connectivity index (χ3n) is 4.99. The summed E-state index contributed by atoms with van der Waals surface area (Å²) in [4.78, 5) is 10.5.